The molecule has 1 aliphatic carbocycles. The number of hydrogen-bond donors (Lipinski definition) is 3. The summed E-state index contributed by atoms with van der Waals surface area (Å²) in [7, 11) is 0. The van der Waals surface area contributed by atoms with Gasteiger partial charge < -0.3 is 16.0 Å². The van der Waals surface area contributed by atoms with Crippen molar-refractivity contribution in [2.75, 3.05) is 13.1 Å². The van der Waals surface area contributed by atoms with Crippen LogP contribution in [0, 0.1) is 0 Å². The smallest absolute Gasteiger partial charge is 0.315 e. The first-order valence-electron chi connectivity index (χ1n) is 7.54. The molecular formula is C14H29N3O. The molecule has 106 valence electrons. The number of carbonyl (C=O) groups excluding carboxylic acids is 1. The summed E-state index contributed by atoms with van der Waals surface area (Å²) in [6, 6.07) is 1.03. The van der Waals surface area contributed by atoms with E-state index in [4.69, 9.17) is 0 Å². The molecule has 2 amide bonds. The van der Waals surface area contributed by atoms with Crippen molar-refractivity contribution in [3.05, 3.63) is 0 Å². The fourth-order valence-corrected chi connectivity index (χ4v) is 2.41. The Balaban J connectivity index is 2.09. The minimum atomic E-state index is 0.00779. The van der Waals surface area contributed by atoms with Crippen LogP contribution in [0.4, 0.5) is 4.79 Å². The Morgan fingerprint density at radius 1 is 1.00 bits per heavy atom. The molecule has 3 N–H and O–H groups in total. The summed E-state index contributed by atoms with van der Waals surface area (Å²) in [5.74, 6) is 0. The average Bonchev–Trinajstić information content (AvgIpc) is 2.38. The molecule has 18 heavy (non-hydrogen) atoms. The van der Waals surface area contributed by atoms with Crippen molar-refractivity contribution < 1.29 is 4.79 Å². The summed E-state index contributed by atoms with van der Waals surface area (Å²) in [6.45, 7) is 6.22. The van der Waals surface area contributed by atoms with E-state index in [2.05, 4.69) is 29.8 Å². The predicted molar refractivity (Wildman–Crippen MR) is 75.8 cm³/mol. The van der Waals surface area contributed by atoms with E-state index in [1.54, 1.807) is 0 Å². The molecule has 4 heteroatoms. The first kappa shape index (κ1) is 15.3. The van der Waals surface area contributed by atoms with Gasteiger partial charge in [-0.15, -0.1) is 0 Å². The Labute approximate surface area is 111 Å². The second kappa shape index (κ2) is 9.20. The SMILES string of the molecule is CCCCNC(=O)NC1CCC(NCCC)CC1. The zero-order chi connectivity index (χ0) is 13.2. The maximum Gasteiger partial charge on any atom is 0.315 e. The van der Waals surface area contributed by atoms with Crippen LogP contribution >= 0.6 is 0 Å². The zero-order valence-electron chi connectivity index (χ0n) is 11.9. The molecule has 0 bridgehead atoms. The van der Waals surface area contributed by atoms with Crippen LogP contribution in [0.2, 0.25) is 0 Å². The van der Waals surface area contributed by atoms with Gasteiger partial charge >= 0.3 is 6.03 Å². The normalized spacial score (nSPS) is 23.7. The molecule has 0 aliphatic heterocycles. The third-order valence-corrected chi connectivity index (χ3v) is 3.56. The van der Waals surface area contributed by atoms with Gasteiger partial charge in [-0.3, -0.25) is 0 Å². The van der Waals surface area contributed by atoms with E-state index >= 15 is 0 Å². The highest BCUT2D eigenvalue weighted by atomic mass is 16.2. The molecule has 1 saturated carbocycles. The Hall–Kier alpha value is -0.770. The van der Waals surface area contributed by atoms with Crippen LogP contribution < -0.4 is 16.0 Å². The third-order valence-electron chi connectivity index (χ3n) is 3.56. The summed E-state index contributed by atoms with van der Waals surface area (Å²) in [4.78, 5) is 11.6. The number of amides is 2. The number of carbonyl (C=O) groups is 1. The van der Waals surface area contributed by atoms with Gasteiger partial charge in [0.25, 0.3) is 0 Å². The van der Waals surface area contributed by atoms with Gasteiger partial charge in [0.15, 0.2) is 0 Å². The fourth-order valence-electron chi connectivity index (χ4n) is 2.41. The third kappa shape index (κ3) is 6.24. The van der Waals surface area contributed by atoms with Crippen molar-refractivity contribution in [1.82, 2.24) is 16.0 Å². The van der Waals surface area contributed by atoms with Crippen molar-refractivity contribution in [2.45, 2.75) is 70.9 Å². The lowest BCUT2D eigenvalue weighted by molar-refractivity contribution is 0.229. The topological polar surface area (TPSA) is 53.2 Å². The Bertz CT molecular complexity index is 225. The summed E-state index contributed by atoms with van der Waals surface area (Å²) in [5, 5.41) is 9.55. The monoisotopic (exact) mass is 255 g/mol. The molecule has 0 atom stereocenters. The molecule has 0 radical (unpaired) electrons. The van der Waals surface area contributed by atoms with Crippen LogP contribution in [-0.4, -0.2) is 31.2 Å². The van der Waals surface area contributed by atoms with E-state index in [1.165, 1.54) is 19.3 Å². The standard InChI is InChI=1S/C14H29N3O/c1-3-5-11-16-14(18)17-13-8-6-12(7-9-13)15-10-4-2/h12-13,15H,3-11H2,1-2H3,(H2,16,17,18). The van der Waals surface area contributed by atoms with Crippen LogP contribution in [0.1, 0.15) is 58.8 Å². The van der Waals surface area contributed by atoms with Crippen LogP contribution in [0.15, 0.2) is 0 Å². The minimum absolute atomic E-state index is 0.00779. The Kier molecular flexibility index (Phi) is 7.81. The summed E-state index contributed by atoms with van der Waals surface area (Å²) < 4.78 is 0. The van der Waals surface area contributed by atoms with E-state index in [0.717, 1.165) is 38.8 Å². The van der Waals surface area contributed by atoms with E-state index in [9.17, 15) is 4.79 Å². The predicted octanol–water partition coefficient (Wildman–Crippen LogP) is 2.40. The Morgan fingerprint density at radius 2 is 1.67 bits per heavy atom. The van der Waals surface area contributed by atoms with Crippen molar-refractivity contribution in [3.63, 3.8) is 0 Å². The van der Waals surface area contributed by atoms with Crippen molar-refractivity contribution in [2.24, 2.45) is 0 Å². The van der Waals surface area contributed by atoms with Crippen LogP contribution in [-0.2, 0) is 0 Å². The molecule has 0 heterocycles. The minimum Gasteiger partial charge on any atom is -0.338 e. The van der Waals surface area contributed by atoms with Crippen molar-refractivity contribution in [1.29, 1.82) is 0 Å². The van der Waals surface area contributed by atoms with Crippen molar-refractivity contribution in [3.8, 4) is 0 Å². The molecule has 1 aliphatic rings. The van der Waals surface area contributed by atoms with E-state index in [0.29, 0.717) is 12.1 Å². The second-order valence-corrected chi connectivity index (χ2v) is 5.26. The number of nitrogens with one attached hydrogen (secondary N) is 3. The van der Waals surface area contributed by atoms with E-state index < -0.39 is 0 Å². The molecule has 0 aromatic heterocycles. The maximum atomic E-state index is 11.6. The highest BCUT2D eigenvalue weighted by Gasteiger charge is 2.21. The molecule has 1 rings (SSSR count). The molecule has 0 saturated heterocycles. The van der Waals surface area contributed by atoms with Gasteiger partial charge in [0, 0.05) is 18.6 Å². The average molecular weight is 255 g/mol. The molecular weight excluding hydrogens is 226 g/mol. The van der Waals surface area contributed by atoms with Gasteiger partial charge in [-0.05, 0) is 45.1 Å². The lowest BCUT2D eigenvalue weighted by atomic mass is 9.91. The van der Waals surface area contributed by atoms with Crippen molar-refractivity contribution >= 4 is 6.03 Å². The van der Waals surface area contributed by atoms with Gasteiger partial charge in [0.05, 0.1) is 0 Å². The van der Waals surface area contributed by atoms with Gasteiger partial charge in [-0.25, -0.2) is 4.79 Å². The fraction of sp³-hybridized carbons (Fsp3) is 0.929. The first-order chi connectivity index (χ1) is 8.76. The lowest BCUT2D eigenvalue weighted by Gasteiger charge is -2.29. The quantitative estimate of drug-likeness (QED) is 0.612. The summed E-state index contributed by atoms with van der Waals surface area (Å²) in [6.07, 6.45) is 7.93. The lowest BCUT2D eigenvalue weighted by Crippen LogP contribution is -2.46. The second-order valence-electron chi connectivity index (χ2n) is 5.26. The van der Waals surface area contributed by atoms with Crippen LogP contribution in [0.3, 0.4) is 0 Å². The van der Waals surface area contributed by atoms with Crippen LogP contribution in [0.5, 0.6) is 0 Å². The molecule has 4 nitrogen and oxygen atoms in total. The van der Waals surface area contributed by atoms with E-state index in [1.807, 2.05) is 0 Å². The zero-order valence-corrected chi connectivity index (χ0v) is 11.9. The number of hydrogen-bond acceptors (Lipinski definition) is 2. The number of unbranched alkanes of at least 4 members (excludes halogenated alkanes) is 1. The summed E-state index contributed by atoms with van der Waals surface area (Å²) >= 11 is 0. The number of rotatable bonds is 7. The van der Waals surface area contributed by atoms with Gasteiger partial charge in [0.2, 0.25) is 0 Å². The molecule has 0 aromatic carbocycles. The maximum absolute atomic E-state index is 11.6. The molecule has 0 aromatic rings. The Morgan fingerprint density at radius 3 is 2.28 bits per heavy atom. The van der Waals surface area contributed by atoms with E-state index in [-0.39, 0.29) is 6.03 Å². The van der Waals surface area contributed by atoms with Gasteiger partial charge in [0.1, 0.15) is 0 Å². The molecule has 0 spiro atoms. The molecule has 1 fully saturated rings. The van der Waals surface area contributed by atoms with Gasteiger partial charge in [-0.1, -0.05) is 20.3 Å². The molecule has 0 unspecified atom stereocenters. The number of urea groups is 1. The first-order valence-corrected chi connectivity index (χ1v) is 7.54. The highest BCUT2D eigenvalue weighted by molar-refractivity contribution is 5.74. The largest absolute Gasteiger partial charge is 0.338 e. The van der Waals surface area contributed by atoms with Crippen LogP contribution in [0.25, 0.3) is 0 Å². The van der Waals surface area contributed by atoms with Gasteiger partial charge in [-0.2, -0.15) is 0 Å². The summed E-state index contributed by atoms with van der Waals surface area (Å²) in [5.41, 5.74) is 0. The highest BCUT2D eigenvalue weighted by Crippen LogP contribution is 2.18.